The molecule has 0 radical (unpaired) electrons. The van der Waals surface area contributed by atoms with Gasteiger partial charge in [-0.2, -0.15) is 15.0 Å². The van der Waals surface area contributed by atoms with Gasteiger partial charge in [0.2, 0.25) is 17.0 Å². The fourth-order valence-electron chi connectivity index (χ4n) is 1.93. The highest BCUT2D eigenvalue weighted by atomic mass is 35.5. The summed E-state index contributed by atoms with van der Waals surface area (Å²) in [5.41, 5.74) is 7.63. The van der Waals surface area contributed by atoms with Crippen molar-refractivity contribution in [2.24, 2.45) is 0 Å². The van der Waals surface area contributed by atoms with E-state index in [-0.39, 0.29) is 5.95 Å². The molecule has 0 amide bonds. The maximum absolute atomic E-state index is 6.14. The average Bonchev–Trinajstić information content (AvgIpc) is 3.03. The molecule has 0 spiro atoms. The van der Waals surface area contributed by atoms with E-state index in [1.54, 1.807) is 4.90 Å². The Morgan fingerprint density at radius 3 is 2.77 bits per heavy atom. The molecule has 0 aliphatic carbocycles. The maximum atomic E-state index is 6.14. The zero-order valence-corrected chi connectivity index (χ0v) is 16.8. The predicted molar refractivity (Wildman–Crippen MR) is 108 cm³/mol. The Kier molecular flexibility index (Phi) is 5.74. The van der Waals surface area contributed by atoms with Crippen LogP contribution < -0.4 is 16.0 Å². The minimum Gasteiger partial charge on any atom is -0.368 e. The molecule has 0 bridgehead atoms. The van der Waals surface area contributed by atoms with Crippen LogP contribution >= 0.6 is 34.7 Å². The van der Waals surface area contributed by atoms with Crippen molar-refractivity contribution in [1.82, 2.24) is 25.1 Å². The molecule has 3 aromatic rings. The molecule has 1 aromatic carbocycles. The predicted octanol–water partition coefficient (Wildman–Crippen LogP) is 3.37. The first-order valence-corrected chi connectivity index (χ1v) is 9.76. The number of anilines is 4. The van der Waals surface area contributed by atoms with Crippen LogP contribution in [0.15, 0.2) is 22.5 Å². The van der Waals surface area contributed by atoms with Gasteiger partial charge in [-0.25, -0.2) is 0 Å². The number of nitrogen functional groups attached to an aromatic ring is 1. The van der Waals surface area contributed by atoms with E-state index in [2.05, 4.69) is 30.5 Å². The molecule has 26 heavy (non-hydrogen) atoms. The van der Waals surface area contributed by atoms with Crippen LogP contribution in [0.5, 0.6) is 0 Å². The number of nitrogens with one attached hydrogen (secondary N) is 1. The topological polar surface area (TPSA) is 106 Å². The lowest BCUT2D eigenvalue weighted by molar-refractivity contribution is 0.918. The molecule has 0 unspecified atom stereocenters. The number of nitrogens with zero attached hydrogens (tertiary/aromatic N) is 6. The number of aryl methyl sites for hydroxylation is 1. The van der Waals surface area contributed by atoms with E-state index in [9.17, 15) is 0 Å². The number of halogens is 1. The Hall–Kier alpha value is -2.17. The van der Waals surface area contributed by atoms with Gasteiger partial charge in [-0.05, 0) is 24.6 Å². The van der Waals surface area contributed by atoms with E-state index in [0.717, 1.165) is 15.6 Å². The Bertz CT molecular complexity index is 914. The number of hydrogen-bond donors (Lipinski definition) is 2. The molecule has 2 heterocycles. The summed E-state index contributed by atoms with van der Waals surface area (Å²) < 4.78 is 0.802. The van der Waals surface area contributed by atoms with Gasteiger partial charge in [0, 0.05) is 24.8 Å². The number of rotatable bonds is 6. The lowest BCUT2D eigenvalue weighted by atomic mass is 10.2. The SMILES string of the molecule is Cc1ccc(Nc2nnc(SCc3nc(N)nc(N(C)C)n3)s2)cc1Cl. The highest BCUT2D eigenvalue weighted by Gasteiger charge is 2.10. The second kappa shape index (κ2) is 8.02. The molecule has 2 aromatic heterocycles. The number of nitrogens with two attached hydrogens (primary N) is 1. The first kappa shape index (κ1) is 18.6. The third kappa shape index (κ3) is 4.71. The molecule has 0 aliphatic rings. The average molecular weight is 409 g/mol. The second-order valence-corrected chi connectivity index (χ2v) is 8.16. The van der Waals surface area contributed by atoms with Gasteiger partial charge in [-0.1, -0.05) is 40.8 Å². The third-order valence-corrected chi connectivity index (χ3v) is 5.62. The van der Waals surface area contributed by atoms with Crippen molar-refractivity contribution in [3.8, 4) is 0 Å². The van der Waals surface area contributed by atoms with Crippen LogP contribution in [0.1, 0.15) is 11.4 Å². The van der Waals surface area contributed by atoms with E-state index >= 15 is 0 Å². The highest BCUT2D eigenvalue weighted by Crippen LogP contribution is 2.30. The van der Waals surface area contributed by atoms with Crippen molar-refractivity contribution >= 4 is 57.4 Å². The molecule has 0 saturated carbocycles. The van der Waals surface area contributed by atoms with Crippen LogP contribution in [-0.2, 0) is 5.75 Å². The number of aromatic nitrogens is 5. The summed E-state index contributed by atoms with van der Waals surface area (Å²) in [6, 6.07) is 5.77. The maximum Gasteiger partial charge on any atom is 0.229 e. The van der Waals surface area contributed by atoms with Crippen LogP contribution in [0.3, 0.4) is 0 Å². The summed E-state index contributed by atoms with van der Waals surface area (Å²) in [5.74, 6) is 1.86. The summed E-state index contributed by atoms with van der Waals surface area (Å²) in [4.78, 5) is 14.4. The first-order chi connectivity index (χ1) is 12.4. The summed E-state index contributed by atoms with van der Waals surface area (Å²) in [6.07, 6.45) is 0. The van der Waals surface area contributed by atoms with Gasteiger partial charge in [-0.15, -0.1) is 10.2 Å². The lowest BCUT2D eigenvalue weighted by Gasteiger charge is -2.10. The van der Waals surface area contributed by atoms with Crippen molar-refractivity contribution in [3.05, 3.63) is 34.6 Å². The molecule has 3 rings (SSSR count). The standard InChI is InChI=1S/C15H17ClN8S2/c1-8-4-5-9(6-10(8)16)18-14-22-23-15(26-14)25-7-11-19-12(17)21-13(20-11)24(2)3/h4-6H,7H2,1-3H3,(H,18,22)(H2,17,19,20,21). The minimum absolute atomic E-state index is 0.204. The summed E-state index contributed by atoms with van der Waals surface area (Å²) in [7, 11) is 3.71. The van der Waals surface area contributed by atoms with E-state index in [1.807, 2.05) is 39.2 Å². The molecular weight excluding hydrogens is 392 g/mol. The number of thioether (sulfide) groups is 1. The van der Waals surface area contributed by atoms with E-state index < -0.39 is 0 Å². The van der Waals surface area contributed by atoms with E-state index in [4.69, 9.17) is 17.3 Å². The molecular formula is C15H17ClN8S2. The molecule has 0 atom stereocenters. The quantitative estimate of drug-likeness (QED) is 0.593. The van der Waals surface area contributed by atoms with Gasteiger partial charge < -0.3 is 16.0 Å². The second-order valence-electron chi connectivity index (χ2n) is 5.56. The Balaban J connectivity index is 1.64. The molecule has 3 N–H and O–H groups in total. The first-order valence-electron chi connectivity index (χ1n) is 7.58. The molecule has 11 heteroatoms. The summed E-state index contributed by atoms with van der Waals surface area (Å²) >= 11 is 9.08. The largest absolute Gasteiger partial charge is 0.368 e. The third-order valence-electron chi connectivity index (χ3n) is 3.24. The number of benzene rings is 1. The minimum atomic E-state index is 0.204. The fourth-order valence-corrected chi connectivity index (χ4v) is 3.74. The van der Waals surface area contributed by atoms with Gasteiger partial charge in [0.05, 0.1) is 5.75 Å². The summed E-state index contributed by atoms with van der Waals surface area (Å²) in [6.45, 7) is 1.96. The number of hydrogen-bond acceptors (Lipinski definition) is 10. The van der Waals surface area contributed by atoms with Crippen molar-refractivity contribution in [1.29, 1.82) is 0 Å². The highest BCUT2D eigenvalue weighted by molar-refractivity contribution is 8.00. The van der Waals surface area contributed by atoms with Gasteiger partial charge in [0.25, 0.3) is 0 Å². The van der Waals surface area contributed by atoms with Crippen LogP contribution in [0.25, 0.3) is 0 Å². The monoisotopic (exact) mass is 408 g/mol. The molecule has 0 saturated heterocycles. The molecule has 0 fully saturated rings. The molecule has 8 nitrogen and oxygen atoms in total. The summed E-state index contributed by atoms with van der Waals surface area (Å²) in [5, 5.41) is 12.9. The molecule has 136 valence electrons. The van der Waals surface area contributed by atoms with Crippen LogP contribution in [-0.4, -0.2) is 39.2 Å². The van der Waals surface area contributed by atoms with Gasteiger partial charge in [0.1, 0.15) is 5.82 Å². The molecule has 0 aliphatic heterocycles. The Morgan fingerprint density at radius 2 is 2.04 bits per heavy atom. The van der Waals surface area contributed by atoms with E-state index in [0.29, 0.717) is 27.7 Å². The van der Waals surface area contributed by atoms with Gasteiger partial charge in [-0.3, -0.25) is 0 Å². The zero-order chi connectivity index (χ0) is 18.7. The lowest BCUT2D eigenvalue weighted by Crippen LogP contribution is -2.15. The Labute approximate surface area is 164 Å². The van der Waals surface area contributed by atoms with Gasteiger partial charge in [0.15, 0.2) is 4.34 Å². The van der Waals surface area contributed by atoms with Crippen LogP contribution in [0.2, 0.25) is 5.02 Å². The zero-order valence-electron chi connectivity index (χ0n) is 14.4. The van der Waals surface area contributed by atoms with Crippen molar-refractivity contribution in [2.75, 3.05) is 30.0 Å². The van der Waals surface area contributed by atoms with Crippen molar-refractivity contribution in [2.45, 2.75) is 17.0 Å². The smallest absolute Gasteiger partial charge is 0.229 e. The van der Waals surface area contributed by atoms with Crippen LogP contribution in [0, 0.1) is 6.92 Å². The van der Waals surface area contributed by atoms with E-state index in [1.165, 1.54) is 23.1 Å². The van der Waals surface area contributed by atoms with Gasteiger partial charge >= 0.3 is 0 Å². The fraction of sp³-hybridized carbons (Fsp3) is 0.267. The normalized spacial score (nSPS) is 10.8. The van der Waals surface area contributed by atoms with Crippen molar-refractivity contribution in [3.63, 3.8) is 0 Å². The van der Waals surface area contributed by atoms with Crippen molar-refractivity contribution < 1.29 is 0 Å². The van der Waals surface area contributed by atoms with Crippen LogP contribution in [0.4, 0.5) is 22.7 Å². The Morgan fingerprint density at radius 1 is 1.23 bits per heavy atom.